The normalized spacial score (nSPS) is 17.0. The van der Waals surface area contributed by atoms with Crippen molar-refractivity contribution in [3.63, 3.8) is 0 Å². The number of nitrogens with one attached hydrogen (secondary N) is 3. The van der Waals surface area contributed by atoms with Crippen LogP contribution in [0.5, 0.6) is 0 Å². The lowest BCUT2D eigenvalue weighted by atomic mass is 10.0. The second-order valence-corrected chi connectivity index (χ2v) is 4.86. The zero-order valence-corrected chi connectivity index (χ0v) is 11.2. The minimum Gasteiger partial charge on any atom is -0.366 e. The molecule has 0 radical (unpaired) electrons. The van der Waals surface area contributed by atoms with Gasteiger partial charge in [0.2, 0.25) is 5.91 Å². The maximum atomic E-state index is 12.3. The zero-order chi connectivity index (χ0) is 14.8. The summed E-state index contributed by atoms with van der Waals surface area (Å²) < 4.78 is 0. The van der Waals surface area contributed by atoms with Gasteiger partial charge in [-0.3, -0.25) is 14.9 Å². The lowest BCUT2D eigenvalue weighted by molar-refractivity contribution is -0.118. The van der Waals surface area contributed by atoms with Gasteiger partial charge in [-0.1, -0.05) is 12.1 Å². The Bertz CT molecular complexity index is 694. The Morgan fingerprint density at radius 1 is 1.33 bits per heavy atom. The first-order valence-corrected chi connectivity index (χ1v) is 6.59. The van der Waals surface area contributed by atoms with Gasteiger partial charge in [0.1, 0.15) is 0 Å². The molecule has 1 aliphatic rings. The number of hydrogen-bond acceptors (Lipinski definition) is 4. The number of H-pyrrole nitrogens is 1. The highest BCUT2D eigenvalue weighted by Crippen LogP contribution is 2.17. The SMILES string of the molecule is NC(=O)c1ccccc1NC(=O)C1Cc2nc[nH]c2CN1. The number of carbonyl (C=O) groups excluding carboxylic acids is 2. The van der Waals surface area contributed by atoms with Crippen molar-refractivity contribution in [1.82, 2.24) is 15.3 Å². The van der Waals surface area contributed by atoms with Crippen molar-refractivity contribution < 1.29 is 9.59 Å². The van der Waals surface area contributed by atoms with Gasteiger partial charge in [0.25, 0.3) is 5.91 Å². The largest absolute Gasteiger partial charge is 0.366 e. The summed E-state index contributed by atoms with van der Waals surface area (Å²) in [5, 5.41) is 5.87. The van der Waals surface area contributed by atoms with Crippen molar-refractivity contribution in [2.45, 2.75) is 19.0 Å². The smallest absolute Gasteiger partial charge is 0.250 e. The van der Waals surface area contributed by atoms with Crippen LogP contribution in [0.15, 0.2) is 30.6 Å². The Hall–Kier alpha value is -2.67. The molecule has 5 N–H and O–H groups in total. The van der Waals surface area contributed by atoms with E-state index in [9.17, 15) is 9.59 Å². The number of amides is 2. The monoisotopic (exact) mass is 285 g/mol. The maximum Gasteiger partial charge on any atom is 0.250 e. The fourth-order valence-electron chi connectivity index (χ4n) is 2.38. The molecule has 0 spiro atoms. The highest BCUT2D eigenvalue weighted by molar-refractivity contribution is 6.04. The molecule has 1 aliphatic heterocycles. The van der Waals surface area contributed by atoms with Crippen LogP contribution in [-0.4, -0.2) is 27.8 Å². The molecule has 0 aliphatic carbocycles. The first-order chi connectivity index (χ1) is 10.1. The number of nitrogens with two attached hydrogens (primary N) is 1. The Morgan fingerprint density at radius 2 is 2.14 bits per heavy atom. The van der Waals surface area contributed by atoms with Crippen LogP contribution in [0.2, 0.25) is 0 Å². The van der Waals surface area contributed by atoms with E-state index < -0.39 is 5.91 Å². The van der Waals surface area contributed by atoms with Gasteiger partial charge in [0, 0.05) is 13.0 Å². The van der Waals surface area contributed by atoms with Gasteiger partial charge in [-0.2, -0.15) is 0 Å². The van der Waals surface area contributed by atoms with Gasteiger partial charge >= 0.3 is 0 Å². The maximum absolute atomic E-state index is 12.3. The summed E-state index contributed by atoms with van der Waals surface area (Å²) >= 11 is 0. The number of anilines is 1. The topological polar surface area (TPSA) is 113 Å². The van der Waals surface area contributed by atoms with Gasteiger partial charge in [-0.05, 0) is 12.1 Å². The van der Waals surface area contributed by atoms with Crippen LogP contribution < -0.4 is 16.4 Å². The number of benzene rings is 1. The third-order valence-corrected chi connectivity index (χ3v) is 3.50. The Labute approximate surface area is 120 Å². The predicted octanol–water partition coefficient (Wildman–Crippen LogP) is 0.162. The van der Waals surface area contributed by atoms with Crippen LogP contribution in [0.3, 0.4) is 0 Å². The molecule has 0 saturated carbocycles. The summed E-state index contributed by atoms with van der Waals surface area (Å²) in [5.74, 6) is -0.783. The molecule has 21 heavy (non-hydrogen) atoms. The minimum absolute atomic E-state index is 0.211. The quantitative estimate of drug-likeness (QED) is 0.643. The van der Waals surface area contributed by atoms with Gasteiger partial charge in [0.05, 0.1) is 35.0 Å². The third kappa shape index (κ3) is 2.63. The first-order valence-electron chi connectivity index (χ1n) is 6.59. The molecular formula is C14H15N5O2. The number of aromatic nitrogens is 2. The molecule has 7 nitrogen and oxygen atoms in total. The molecule has 2 amide bonds. The van der Waals surface area contributed by atoms with Crippen molar-refractivity contribution >= 4 is 17.5 Å². The van der Waals surface area contributed by atoms with E-state index >= 15 is 0 Å². The standard InChI is InChI=1S/C14H15N5O2/c15-13(20)8-3-1-2-4-9(8)19-14(21)11-5-10-12(6-16-11)18-7-17-10/h1-4,7,11,16H,5-6H2,(H2,15,20)(H,17,18)(H,19,21). The zero-order valence-electron chi connectivity index (χ0n) is 11.2. The number of nitrogens with zero attached hydrogens (tertiary/aromatic N) is 1. The molecule has 3 rings (SSSR count). The molecule has 1 unspecified atom stereocenters. The third-order valence-electron chi connectivity index (χ3n) is 3.50. The molecule has 1 aromatic carbocycles. The molecule has 1 aromatic heterocycles. The molecule has 7 heteroatoms. The highest BCUT2D eigenvalue weighted by atomic mass is 16.2. The fourth-order valence-corrected chi connectivity index (χ4v) is 2.38. The molecule has 108 valence electrons. The summed E-state index contributed by atoms with van der Waals surface area (Å²) in [6, 6.07) is 6.28. The molecule has 1 atom stereocenters. The van der Waals surface area contributed by atoms with E-state index in [1.165, 1.54) is 0 Å². The van der Waals surface area contributed by atoms with Crippen molar-refractivity contribution in [3.05, 3.63) is 47.5 Å². The van der Waals surface area contributed by atoms with Crippen molar-refractivity contribution in [3.8, 4) is 0 Å². The van der Waals surface area contributed by atoms with Crippen molar-refractivity contribution in [2.24, 2.45) is 5.73 Å². The van der Waals surface area contributed by atoms with Gasteiger partial charge < -0.3 is 16.0 Å². The summed E-state index contributed by atoms with van der Waals surface area (Å²) in [4.78, 5) is 30.9. The lowest BCUT2D eigenvalue weighted by Gasteiger charge is -2.22. The van der Waals surface area contributed by atoms with Gasteiger partial charge in [-0.25, -0.2) is 4.98 Å². The fraction of sp³-hybridized carbons (Fsp3) is 0.214. The Kier molecular flexibility index (Phi) is 3.41. The van der Waals surface area contributed by atoms with E-state index in [-0.39, 0.29) is 11.9 Å². The average Bonchev–Trinajstić information content (AvgIpc) is 2.94. The number of fused-ring (bicyclic) bond motifs is 1. The summed E-state index contributed by atoms with van der Waals surface area (Å²) in [7, 11) is 0. The molecular weight excluding hydrogens is 270 g/mol. The van der Waals surface area contributed by atoms with E-state index in [1.54, 1.807) is 30.6 Å². The van der Waals surface area contributed by atoms with Crippen LogP contribution in [0, 0.1) is 0 Å². The van der Waals surface area contributed by atoms with Gasteiger partial charge in [-0.15, -0.1) is 0 Å². The minimum atomic E-state index is -0.572. The van der Waals surface area contributed by atoms with Crippen LogP contribution in [0.25, 0.3) is 0 Å². The van der Waals surface area contributed by atoms with Crippen molar-refractivity contribution in [1.29, 1.82) is 0 Å². The van der Waals surface area contributed by atoms with E-state index in [2.05, 4.69) is 20.6 Å². The predicted molar refractivity (Wildman–Crippen MR) is 76.5 cm³/mol. The van der Waals surface area contributed by atoms with Crippen LogP contribution in [0.1, 0.15) is 21.7 Å². The average molecular weight is 285 g/mol. The Balaban J connectivity index is 1.75. The molecule has 2 aromatic rings. The molecule has 0 fully saturated rings. The van der Waals surface area contributed by atoms with Crippen LogP contribution >= 0.6 is 0 Å². The number of carbonyl (C=O) groups is 2. The summed E-state index contributed by atoms with van der Waals surface area (Å²) in [6.07, 6.45) is 2.12. The molecule has 0 saturated heterocycles. The van der Waals surface area contributed by atoms with Gasteiger partial charge in [0.15, 0.2) is 0 Å². The number of aromatic amines is 1. The van der Waals surface area contributed by atoms with E-state index in [0.29, 0.717) is 24.2 Å². The first kappa shape index (κ1) is 13.3. The van der Waals surface area contributed by atoms with Crippen molar-refractivity contribution in [2.75, 3.05) is 5.32 Å². The second kappa shape index (κ2) is 5.37. The summed E-state index contributed by atoms with van der Waals surface area (Å²) in [5.41, 5.74) is 7.90. The highest BCUT2D eigenvalue weighted by Gasteiger charge is 2.26. The summed E-state index contributed by atoms with van der Waals surface area (Å²) in [6.45, 7) is 0.560. The molecule has 0 bridgehead atoms. The van der Waals surface area contributed by atoms with Crippen LogP contribution in [0.4, 0.5) is 5.69 Å². The van der Waals surface area contributed by atoms with E-state index in [1.807, 2.05) is 0 Å². The number of rotatable bonds is 3. The van der Waals surface area contributed by atoms with Crippen LogP contribution in [-0.2, 0) is 17.8 Å². The Morgan fingerprint density at radius 3 is 2.95 bits per heavy atom. The number of hydrogen-bond donors (Lipinski definition) is 4. The molecule has 2 heterocycles. The number of primary amides is 1. The van der Waals surface area contributed by atoms with E-state index in [4.69, 9.17) is 5.73 Å². The second-order valence-electron chi connectivity index (χ2n) is 4.86. The number of imidazole rings is 1. The van der Waals surface area contributed by atoms with E-state index in [0.717, 1.165) is 11.4 Å². The number of para-hydroxylation sites is 1. The lowest BCUT2D eigenvalue weighted by Crippen LogP contribution is -2.45.